The Bertz CT molecular complexity index is 1230. The quantitative estimate of drug-likeness (QED) is 0.547. The number of likely N-dealkylation sites (tertiary alicyclic amines) is 1. The summed E-state index contributed by atoms with van der Waals surface area (Å²) >= 11 is 1.27. The predicted molar refractivity (Wildman–Crippen MR) is 131 cm³/mol. The highest BCUT2D eigenvalue weighted by Crippen LogP contribution is 2.32. The van der Waals surface area contributed by atoms with Crippen molar-refractivity contribution in [3.8, 4) is 0 Å². The van der Waals surface area contributed by atoms with Crippen LogP contribution in [0.5, 0.6) is 0 Å². The molecule has 1 fully saturated rings. The average Bonchev–Trinajstić information content (AvgIpc) is 3.31. The third-order valence-corrected chi connectivity index (χ3v) is 6.73. The van der Waals surface area contributed by atoms with E-state index in [4.69, 9.17) is 4.98 Å². The molecule has 3 heterocycles. The number of thiophene rings is 1. The lowest BCUT2D eigenvalue weighted by molar-refractivity contribution is -0.129. The van der Waals surface area contributed by atoms with Crippen LogP contribution in [0.25, 0.3) is 11.0 Å². The van der Waals surface area contributed by atoms with Crippen LogP contribution in [0.15, 0.2) is 42.3 Å². The average molecular weight is 466 g/mol. The second-order valence-corrected chi connectivity index (χ2v) is 9.12. The monoisotopic (exact) mass is 465 g/mol. The van der Waals surface area contributed by atoms with Gasteiger partial charge in [0.1, 0.15) is 0 Å². The molecule has 8 nitrogen and oxygen atoms in total. The lowest BCUT2D eigenvalue weighted by atomic mass is 10.1. The largest absolute Gasteiger partial charge is 0.341 e. The number of para-hydroxylation sites is 1. The van der Waals surface area contributed by atoms with Gasteiger partial charge in [0.25, 0.3) is 5.91 Å². The molecule has 0 saturated carbocycles. The first kappa shape index (κ1) is 22.7. The zero-order chi connectivity index (χ0) is 23.5. The van der Waals surface area contributed by atoms with Gasteiger partial charge in [0.2, 0.25) is 17.8 Å². The molecule has 0 aliphatic carbocycles. The zero-order valence-corrected chi connectivity index (χ0v) is 19.6. The molecule has 1 saturated heterocycles. The van der Waals surface area contributed by atoms with Crippen molar-refractivity contribution < 1.29 is 14.4 Å². The lowest BCUT2D eigenvalue weighted by Gasteiger charge is -2.26. The number of aromatic nitrogens is 2. The van der Waals surface area contributed by atoms with E-state index in [0.717, 1.165) is 42.4 Å². The third-order valence-electron chi connectivity index (χ3n) is 5.89. The number of nitrogens with zero attached hydrogens (tertiary/aromatic N) is 3. The Kier molecular flexibility index (Phi) is 6.60. The van der Waals surface area contributed by atoms with E-state index >= 15 is 0 Å². The molecular formula is C24H27N5O3S. The summed E-state index contributed by atoms with van der Waals surface area (Å²) in [6, 6.07) is 7.54. The van der Waals surface area contributed by atoms with Gasteiger partial charge in [-0.05, 0) is 50.0 Å². The van der Waals surface area contributed by atoms with Gasteiger partial charge in [0.05, 0.1) is 27.6 Å². The maximum Gasteiger partial charge on any atom is 0.258 e. The molecular weight excluding hydrogens is 438 g/mol. The third kappa shape index (κ3) is 4.83. The van der Waals surface area contributed by atoms with Crippen LogP contribution in [0.1, 0.15) is 48.1 Å². The summed E-state index contributed by atoms with van der Waals surface area (Å²) in [5.74, 6) is -0.121. The van der Waals surface area contributed by atoms with Crippen molar-refractivity contribution in [1.82, 2.24) is 14.5 Å². The minimum absolute atomic E-state index is 0.00251. The van der Waals surface area contributed by atoms with Crippen LogP contribution in [-0.4, -0.2) is 45.3 Å². The second kappa shape index (κ2) is 9.58. The summed E-state index contributed by atoms with van der Waals surface area (Å²) < 4.78 is 2.08. The summed E-state index contributed by atoms with van der Waals surface area (Å²) in [6.45, 7) is 8.38. The van der Waals surface area contributed by atoms with Crippen LogP contribution in [-0.2, 0) is 9.59 Å². The predicted octanol–water partition coefficient (Wildman–Crippen LogP) is 4.36. The normalized spacial score (nSPS) is 16.3. The number of nitrogens with one attached hydrogen (secondary N) is 2. The second-order valence-electron chi connectivity index (χ2n) is 8.21. The molecule has 1 aromatic carbocycles. The SMILES string of the molecule is C=CC(=O)Nc1cc(C(=O)Nc2nc3cccc(C)c3n2[C@@H]2CCCCN(C(C)=O)C2)cs1. The lowest BCUT2D eigenvalue weighted by Crippen LogP contribution is -2.34. The Balaban J connectivity index is 1.68. The fourth-order valence-electron chi connectivity index (χ4n) is 4.25. The highest BCUT2D eigenvalue weighted by Gasteiger charge is 2.27. The van der Waals surface area contributed by atoms with Crippen molar-refractivity contribution in [2.75, 3.05) is 23.7 Å². The zero-order valence-electron chi connectivity index (χ0n) is 18.8. The van der Waals surface area contributed by atoms with Crippen LogP contribution < -0.4 is 10.6 Å². The van der Waals surface area contributed by atoms with Crippen LogP contribution in [0, 0.1) is 6.92 Å². The van der Waals surface area contributed by atoms with E-state index in [-0.39, 0.29) is 23.8 Å². The molecule has 3 aromatic rings. The van der Waals surface area contributed by atoms with E-state index in [0.29, 0.717) is 23.1 Å². The number of rotatable bonds is 5. The summed E-state index contributed by atoms with van der Waals surface area (Å²) in [4.78, 5) is 43.4. The van der Waals surface area contributed by atoms with Gasteiger partial charge in [-0.25, -0.2) is 4.98 Å². The van der Waals surface area contributed by atoms with Crippen molar-refractivity contribution in [3.63, 3.8) is 0 Å². The number of amides is 3. The molecule has 1 aliphatic heterocycles. The maximum absolute atomic E-state index is 13.1. The number of hydrogen-bond acceptors (Lipinski definition) is 5. The van der Waals surface area contributed by atoms with Gasteiger partial charge in [-0.15, -0.1) is 11.3 Å². The molecule has 1 atom stereocenters. The molecule has 2 N–H and O–H groups in total. The number of hydrogen-bond donors (Lipinski definition) is 2. The first-order valence-electron chi connectivity index (χ1n) is 10.9. The Morgan fingerprint density at radius 2 is 2.06 bits per heavy atom. The molecule has 9 heteroatoms. The Hall–Kier alpha value is -3.46. The summed E-state index contributed by atoms with van der Waals surface area (Å²) in [7, 11) is 0. The van der Waals surface area contributed by atoms with E-state index in [1.807, 2.05) is 30.0 Å². The van der Waals surface area contributed by atoms with E-state index in [1.165, 1.54) is 17.4 Å². The van der Waals surface area contributed by atoms with Gasteiger partial charge in [-0.2, -0.15) is 0 Å². The molecule has 172 valence electrons. The smallest absolute Gasteiger partial charge is 0.258 e. The van der Waals surface area contributed by atoms with E-state index in [9.17, 15) is 14.4 Å². The molecule has 0 unspecified atom stereocenters. The van der Waals surface area contributed by atoms with E-state index < -0.39 is 0 Å². The van der Waals surface area contributed by atoms with Gasteiger partial charge in [0, 0.05) is 25.4 Å². The number of carbonyl (C=O) groups excluding carboxylic acids is 3. The molecule has 2 aromatic heterocycles. The van der Waals surface area contributed by atoms with Gasteiger partial charge >= 0.3 is 0 Å². The number of anilines is 2. The highest BCUT2D eigenvalue weighted by molar-refractivity contribution is 7.14. The van der Waals surface area contributed by atoms with Crippen molar-refractivity contribution >= 4 is 51.0 Å². The standard InChI is InChI=1S/C24H27N5O3S/c1-4-20(31)26-21-12-17(14-33-21)23(32)27-24-25-19-10-7-8-15(2)22(19)29(24)18-9-5-6-11-28(13-18)16(3)30/h4,7-8,10,12,14,18H,1,5-6,9,11,13H2,2-3H3,(H,26,31)(H,25,27,32)/t18-/m1/s1. The minimum atomic E-state index is -0.329. The molecule has 0 bridgehead atoms. The maximum atomic E-state index is 13.1. The van der Waals surface area contributed by atoms with Crippen LogP contribution >= 0.6 is 11.3 Å². The summed E-state index contributed by atoms with van der Waals surface area (Å²) in [6.07, 6.45) is 4.02. The van der Waals surface area contributed by atoms with Crippen molar-refractivity contribution in [1.29, 1.82) is 0 Å². The molecule has 0 spiro atoms. The van der Waals surface area contributed by atoms with Crippen molar-refractivity contribution in [2.45, 2.75) is 39.2 Å². The number of imidazole rings is 1. The van der Waals surface area contributed by atoms with Gasteiger partial charge < -0.3 is 14.8 Å². The van der Waals surface area contributed by atoms with Gasteiger partial charge in [-0.1, -0.05) is 18.7 Å². The number of fused-ring (bicyclic) bond motifs is 1. The number of aryl methyl sites for hydroxylation is 1. The van der Waals surface area contributed by atoms with Gasteiger partial charge in [-0.3, -0.25) is 19.7 Å². The Labute approximate surface area is 196 Å². The summed E-state index contributed by atoms with van der Waals surface area (Å²) in [5.41, 5.74) is 3.26. The molecule has 3 amide bonds. The fraction of sp³-hybridized carbons (Fsp3) is 0.333. The Morgan fingerprint density at radius 1 is 1.24 bits per heavy atom. The van der Waals surface area contributed by atoms with Crippen LogP contribution in [0.4, 0.5) is 10.9 Å². The number of carbonyl (C=O) groups is 3. The van der Waals surface area contributed by atoms with Crippen LogP contribution in [0.2, 0.25) is 0 Å². The van der Waals surface area contributed by atoms with Gasteiger partial charge in [0.15, 0.2) is 0 Å². The van der Waals surface area contributed by atoms with E-state index in [2.05, 4.69) is 21.8 Å². The fourth-order valence-corrected chi connectivity index (χ4v) is 5.03. The highest BCUT2D eigenvalue weighted by atomic mass is 32.1. The summed E-state index contributed by atoms with van der Waals surface area (Å²) in [5, 5.41) is 7.89. The minimum Gasteiger partial charge on any atom is -0.341 e. The number of benzene rings is 1. The molecule has 1 aliphatic rings. The molecule has 0 radical (unpaired) electrons. The first-order chi connectivity index (χ1) is 15.9. The molecule has 4 rings (SSSR count). The van der Waals surface area contributed by atoms with Crippen molar-refractivity contribution in [2.24, 2.45) is 0 Å². The molecule has 33 heavy (non-hydrogen) atoms. The Morgan fingerprint density at radius 3 is 2.82 bits per heavy atom. The first-order valence-corrected chi connectivity index (χ1v) is 11.8. The van der Waals surface area contributed by atoms with Crippen LogP contribution in [0.3, 0.4) is 0 Å². The van der Waals surface area contributed by atoms with Crippen molar-refractivity contribution in [3.05, 3.63) is 53.4 Å². The van der Waals surface area contributed by atoms with E-state index in [1.54, 1.807) is 18.4 Å². The topological polar surface area (TPSA) is 96.3 Å².